The fourth-order valence-electron chi connectivity index (χ4n) is 1.50. The maximum atomic E-state index is 12.6. The Labute approximate surface area is 96.8 Å². The highest BCUT2D eigenvalue weighted by molar-refractivity contribution is 6.31. The number of rotatable bonds is 2. The van der Waals surface area contributed by atoms with Gasteiger partial charge in [0.25, 0.3) is 0 Å². The van der Waals surface area contributed by atoms with Crippen molar-refractivity contribution in [2.24, 2.45) is 0 Å². The summed E-state index contributed by atoms with van der Waals surface area (Å²) >= 11 is 5.81. The van der Waals surface area contributed by atoms with Gasteiger partial charge in [-0.05, 0) is 29.1 Å². The van der Waals surface area contributed by atoms with Crippen LogP contribution in [0.3, 0.4) is 0 Å². The molecule has 0 aliphatic carbocycles. The third-order valence-electron chi connectivity index (χ3n) is 2.23. The molecule has 0 unspecified atom stereocenters. The van der Waals surface area contributed by atoms with E-state index in [1.165, 1.54) is 18.2 Å². The summed E-state index contributed by atoms with van der Waals surface area (Å²) in [6, 6.07) is 13.2. The monoisotopic (exact) mass is 239 g/mol. The molecule has 0 aliphatic heterocycles. The summed E-state index contributed by atoms with van der Waals surface area (Å²) in [6.45, 7) is 0. The molecule has 0 atom stereocenters. The second kappa shape index (κ2) is 4.49. The van der Waals surface area contributed by atoms with Gasteiger partial charge in [0.15, 0.2) is 0 Å². The fraction of sp³-hybridized carbons (Fsp3) is 0. The van der Waals surface area contributed by atoms with Gasteiger partial charge in [0.1, 0.15) is 5.69 Å². The molecule has 2 aromatic rings. The number of hydrogen-bond donors (Lipinski definition) is 0. The van der Waals surface area contributed by atoms with Crippen LogP contribution in [0.15, 0.2) is 48.5 Å². The van der Waals surface area contributed by atoms with Crippen molar-refractivity contribution in [3.63, 3.8) is 0 Å². The van der Waals surface area contributed by atoms with Gasteiger partial charge in [0.05, 0.1) is 0 Å². The molecule has 0 aromatic heterocycles. The van der Waals surface area contributed by atoms with E-state index in [2.05, 4.69) is 0 Å². The van der Waals surface area contributed by atoms with E-state index in [1.54, 1.807) is 24.3 Å². The number of anilines is 1. The van der Waals surface area contributed by atoms with E-state index in [4.69, 9.17) is 11.6 Å². The van der Waals surface area contributed by atoms with E-state index in [1.807, 2.05) is 6.07 Å². The van der Waals surface area contributed by atoms with Crippen LogP contribution in [-0.2, 0) is 0 Å². The summed E-state index contributed by atoms with van der Waals surface area (Å²) < 4.78 is 25.3. The molecule has 1 nitrogen and oxygen atoms in total. The van der Waals surface area contributed by atoms with Gasteiger partial charge in [0, 0.05) is 10.6 Å². The Kier molecular flexibility index (Phi) is 3.06. The highest BCUT2D eigenvalue weighted by Gasteiger charge is 2.12. The van der Waals surface area contributed by atoms with Crippen molar-refractivity contribution >= 4 is 17.3 Å². The first-order valence-corrected chi connectivity index (χ1v) is 5.03. The fourth-order valence-corrected chi connectivity index (χ4v) is 1.68. The molecule has 0 fully saturated rings. The summed E-state index contributed by atoms with van der Waals surface area (Å²) in [5, 5.41) is -0.469. The molecule has 0 amide bonds. The van der Waals surface area contributed by atoms with Crippen molar-refractivity contribution in [1.82, 2.24) is 0 Å². The Bertz CT molecular complexity index is 486. The lowest BCUT2D eigenvalue weighted by molar-refractivity contribution is 0.235. The standard InChI is InChI=1S/C12H8ClF2N/c13-10-6-7-12(16(14)15)11(8-10)9-4-2-1-3-5-9/h1-8H. The molecular weight excluding hydrogens is 232 g/mol. The van der Waals surface area contributed by atoms with Crippen molar-refractivity contribution < 1.29 is 8.96 Å². The molecule has 2 rings (SSSR count). The molecule has 16 heavy (non-hydrogen) atoms. The van der Waals surface area contributed by atoms with Gasteiger partial charge in [-0.15, -0.1) is 0 Å². The predicted molar refractivity (Wildman–Crippen MR) is 61.6 cm³/mol. The SMILES string of the molecule is FN(F)c1ccc(Cl)cc1-c1ccccc1. The van der Waals surface area contributed by atoms with Crippen LogP contribution < -0.4 is 5.34 Å². The van der Waals surface area contributed by atoms with Gasteiger partial charge in [-0.3, -0.25) is 0 Å². The van der Waals surface area contributed by atoms with E-state index < -0.39 is 5.34 Å². The van der Waals surface area contributed by atoms with Crippen LogP contribution in [0.4, 0.5) is 14.6 Å². The number of halogens is 3. The Morgan fingerprint density at radius 2 is 1.62 bits per heavy atom. The highest BCUT2D eigenvalue weighted by atomic mass is 35.5. The zero-order chi connectivity index (χ0) is 11.5. The van der Waals surface area contributed by atoms with E-state index in [0.717, 1.165) is 0 Å². The molecule has 0 saturated carbocycles. The second-order valence-corrected chi connectivity index (χ2v) is 3.70. The Balaban J connectivity index is 2.58. The number of nitrogens with zero attached hydrogens (tertiary/aromatic N) is 1. The maximum absolute atomic E-state index is 12.6. The Morgan fingerprint density at radius 1 is 0.938 bits per heavy atom. The molecule has 2 aromatic carbocycles. The lowest BCUT2D eigenvalue weighted by Crippen LogP contribution is -1.98. The summed E-state index contributed by atoms with van der Waals surface area (Å²) in [6.07, 6.45) is 0. The van der Waals surface area contributed by atoms with Gasteiger partial charge in [-0.25, -0.2) is 0 Å². The van der Waals surface area contributed by atoms with Gasteiger partial charge < -0.3 is 0 Å². The van der Waals surface area contributed by atoms with Crippen molar-refractivity contribution in [3.05, 3.63) is 53.6 Å². The first kappa shape index (κ1) is 10.9. The van der Waals surface area contributed by atoms with E-state index in [0.29, 0.717) is 16.1 Å². The van der Waals surface area contributed by atoms with Crippen LogP contribution >= 0.6 is 11.6 Å². The largest absolute Gasteiger partial charge is 0.113 e. The van der Waals surface area contributed by atoms with Crippen LogP contribution in [0.2, 0.25) is 5.02 Å². The molecule has 0 radical (unpaired) electrons. The summed E-state index contributed by atoms with van der Waals surface area (Å²) in [4.78, 5) is 0. The summed E-state index contributed by atoms with van der Waals surface area (Å²) in [7, 11) is 0. The number of benzene rings is 2. The van der Waals surface area contributed by atoms with Crippen LogP contribution in [0, 0.1) is 0 Å². The highest BCUT2D eigenvalue weighted by Crippen LogP contribution is 2.33. The van der Waals surface area contributed by atoms with Crippen molar-refractivity contribution in [3.8, 4) is 11.1 Å². The topological polar surface area (TPSA) is 3.24 Å². The van der Waals surface area contributed by atoms with Crippen LogP contribution in [-0.4, -0.2) is 0 Å². The predicted octanol–water partition coefficient (Wildman–Crippen LogP) is 4.58. The van der Waals surface area contributed by atoms with Crippen LogP contribution in [0.1, 0.15) is 0 Å². The molecular formula is C12H8ClF2N. The molecule has 4 heteroatoms. The normalized spacial score (nSPS) is 10.2. The second-order valence-electron chi connectivity index (χ2n) is 3.26. The van der Waals surface area contributed by atoms with Crippen molar-refractivity contribution in [1.29, 1.82) is 0 Å². The van der Waals surface area contributed by atoms with Gasteiger partial charge in [0.2, 0.25) is 0 Å². The number of hydrogen-bond acceptors (Lipinski definition) is 1. The first-order chi connectivity index (χ1) is 7.68. The minimum atomic E-state index is -0.904. The Morgan fingerprint density at radius 3 is 2.25 bits per heavy atom. The van der Waals surface area contributed by atoms with Gasteiger partial charge >= 0.3 is 0 Å². The molecule has 0 N–H and O–H groups in total. The van der Waals surface area contributed by atoms with E-state index in [9.17, 15) is 8.96 Å². The third kappa shape index (κ3) is 2.14. The molecule has 0 spiro atoms. The third-order valence-corrected chi connectivity index (χ3v) is 2.46. The average Bonchev–Trinajstić information content (AvgIpc) is 2.29. The van der Waals surface area contributed by atoms with E-state index in [-0.39, 0.29) is 5.69 Å². The van der Waals surface area contributed by atoms with Crippen LogP contribution in [0.5, 0.6) is 0 Å². The summed E-state index contributed by atoms with van der Waals surface area (Å²) in [5.74, 6) is 0. The molecule has 0 aliphatic rings. The molecule has 0 heterocycles. The van der Waals surface area contributed by atoms with Gasteiger partial charge in [-0.2, -0.15) is 0 Å². The maximum Gasteiger partial charge on any atom is 0.113 e. The molecule has 82 valence electrons. The van der Waals surface area contributed by atoms with Gasteiger partial charge in [-0.1, -0.05) is 50.9 Å². The zero-order valence-electron chi connectivity index (χ0n) is 8.20. The van der Waals surface area contributed by atoms with Crippen molar-refractivity contribution in [2.75, 3.05) is 5.34 Å². The first-order valence-electron chi connectivity index (χ1n) is 4.65. The quantitative estimate of drug-likeness (QED) is 0.693. The van der Waals surface area contributed by atoms with E-state index >= 15 is 0 Å². The summed E-state index contributed by atoms with van der Waals surface area (Å²) in [5.41, 5.74) is 0.967. The molecule has 0 bridgehead atoms. The lowest BCUT2D eigenvalue weighted by Gasteiger charge is -2.10. The minimum Gasteiger partial charge on any atom is -0.0843 e. The lowest BCUT2D eigenvalue weighted by atomic mass is 10.0. The smallest absolute Gasteiger partial charge is 0.0843 e. The zero-order valence-corrected chi connectivity index (χ0v) is 8.96. The molecule has 0 saturated heterocycles. The minimum absolute atomic E-state index is 0.157. The Hall–Kier alpha value is -1.61. The average molecular weight is 240 g/mol. The van der Waals surface area contributed by atoms with Crippen molar-refractivity contribution in [2.45, 2.75) is 0 Å². The van der Waals surface area contributed by atoms with Crippen LogP contribution in [0.25, 0.3) is 11.1 Å².